The molecule has 0 spiro atoms. The zero-order valence-electron chi connectivity index (χ0n) is 12.8. The number of hydrogen-bond acceptors (Lipinski definition) is 8. The molecule has 0 fully saturated rings. The standard InChI is InChI=1S/C15H13NO7S/c1-3-23-15(19)8-7-9(22-2)13(17)12(16(20)21)11(8)14(18)10-5-4-6-24-10/h4-7,17H,3H2,1-2H3. The van der Waals surface area contributed by atoms with Crippen LogP contribution in [0.2, 0.25) is 0 Å². The highest BCUT2D eigenvalue weighted by Gasteiger charge is 2.35. The lowest BCUT2D eigenvalue weighted by atomic mass is 9.98. The molecule has 126 valence electrons. The van der Waals surface area contributed by atoms with Crippen molar-refractivity contribution in [1.82, 2.24) is 0 Å². The second-order valence-corrected chi connectivity index (χ2v) is 5.43. The summed E-state index contributed by atoms with van der Waals surface area (Å²) in [5.41, 5.74) is -1.76. The van der Waals surface area contributed by atoms with E-state index in [2.05, 4.69) is 0 Å². The fourth-order valence-corrected chi connectivity index (χ4v) is 2.77. The normalized spacial score (nSPS) is 10.2. The van der Waals surface area contributed by atoms with E-state index in [9.17, 15) is 24.8 Å². The molecule has 0 atom stereocenters. The zero-order valence-corrected chi connectivity index (χ0v) is 13.6. The number of esters is 1. The van der Waals surface area contributed by atoms with Crippen molar-refractivity contribution in [3.63, 3.8) is 0 Å². The Kier molecular flexibility index (Phi) is 5.14. The Labute approximate surface area is 140 Å². The number of nitro groups is 1. The number of carbonyl (C=O) groups is 2. The van der Waals surface area contributed by atoms with Crippen molar-refractivity contribution in [2.24, 2.45) is 0 Å². The van der Waals surface area contributed by atoms with Crippen molar-refractivity contribution in [1.29, 1.82) is 0 Å². The van der Waals surface area contributed by atoms with Crippen LogP contribution in [-0.4, -0.2) is 35.5 Å². The maximum atomic E-state index is 12.7. The van der Waals surface area contributed by atoms with E-state index in [-0.39, 0.29) is 22.8 Å². The summed E-state index contributed by atoms with van der Waals surface area (Å²) in [4.78, 5) is 35.5. The number of ketones is 1. The minimum absolute atomic E-state index is 0.0163. The van der Waals surface area contributed by atoms with Gasteiger partial charge in [0.1, 0.15) is 5.56 Å². The van der Waals surface area contributed by atoms with E-state index < -0.39 is 33.7 Å². The molecule has 0 unspecified atom stereocenters. The fraction of sp³-hybridized carbons (Fsp3) is 0.200. The number of thiophene rings is 1. The molecule has 0 aliphatic rings. The molecular formula is C15H13NO7S. The van der Waals surface area contributed by atoms with Gasteiger partial charge in [0.15, 0.2) is 5.75 Å². The first-order valence-electron chi connectivity index (χ1n) is 6.76. The lowest BCUT2D eigenvalue weighted by Crippen LogP contribution is -2.15. The highest BCUT2D eigenvalue weighted by molar-refractivity contribution is 7.12. The van der Waals surface area contributed by atoms with Gasteiger partial charge in [0.25, 0.3) is 0 Å². The third kappa shape index (κ3) is 3.06. The molecule has 1 aromatic carbocycles. The second kappa shape index (κ2) is 7.09. The number of rotatable bonds is 6. The van der Waals surface area contributed by atoms with Gasteiger partial charge in [-0.1, -0.05) is 6.07 Å². The predicted molar refractivity (Wildman–Crippen MR) is 85.0 cm³/mol. The lowest BCUT2D eigenvalue weighted by molar-refractivity contribution is -0.386. The van der Waals surface area contributed by atoms with Crippen molar-refractivity contribution in [2.45, 2.75) is 6.92 Å². The van der Waals surface area contributed by atoms with Crippen molar-refractivity contribution < 1.29 is 29.1 Å². The Morgan fingerprint density at radius 1 is 1.42 bits per heavy atom. The lowest BCUT2D eigenvalue weighted by Gasteiger charge is -2.12. The second-order valence-electron chi connectivity index (χ2n) is 4.48. The molecule has 0 amide bonds. The molecule has 1 N–H and O–H groups in total. The summed E-state index contributed by atoms with van der Waals surface area (Å²) in [7, 11) is 1.18. The van der Waals surface area contributed by atoms with E-state index in [1.165, 1.54) is 13.2 Å². The number of benzene rings is 1. The highest BCUT2D eigenvalue weighted by atomic mass is 32.1. The molecule has 2 aromatic rings. The number of aromatic hydroxyl groups is 1. The third-order valence-corrected chi connectivity index (χ3v) is 3.98. The SMILES string of the molecule is CCOC(=O)c1cc(OC)c(O)c([N+](=O)[O-])c1C(=O)c1cccs1. The van der Waals surface area contributed by atoms with E-state index in [4.69, 9.17) is 9.47 Å². The predicted octanol–water partition coefficient (Wildman–Crippen LogP) is 2.78. The molecule has 24 heavy (non-hydrogen) atoms. The summed E-state index contributed by atoms with van der Waals surface area (Å²) in [6.07, 6.45) is 0. The van der Waals surface area contributed by atoms with Crippen LogP contribution in [0.5, 0.6) is 11.5 Å². The minimum Gasteiger partial charge on any atom is -0.499 e. The Hall–Kier alpha value is -2.94. The minimum atomic E-state index is -0.929. The summed E-state index contributed by atoms with van der Waals surface area (Å²) in [5, 5.41) is 23.1. The third-order valence-electron chi connectivity index (χ3n) is 3.11. The van der Waals surface area contributed by atoms with Gasteiger partial charge in [-0.25, -0.2) is 4.79 Å². The first-order chi connectivity index (χ1) is 11.4. The van der Waals surface area contributed by atoms with Gasteiger partial charge in [-0.2, -0.15) is 0 Å². The summed E-state index contributed by atoms with van der Waals surface area (Å²) < 4.78 is 9.72. The molecule has 2 rings (SSSR count). The van der Waals surface area contributed by atoms with Gasteiger partial charge >= 0.3 is 11.7 Å². The molecule has 8 nitrogen and oxygen atoms in total. The Balaban J connectivity index is 2.81. The number of hydrogen-bond donors (Lipinski definition) is 1. The zero-order chi connectivity index (χ0) is 17.9. The van der Waals surface area contributed by atoms with Crippen molar-refractivity contribution >= 4 is 28.8 Å². The van der Waals surface area contributed by atoms with Crippen LogP contribution in [0.3, 0.4) is 0 Å². The Bertz CT molecular complexity index is 799. The first kappa shape index (κ1) is 17.4. The van der Waals surface area contributed by atoms with Gasteiger partial charge < -0.3 is 14.6 Å². The van der Waals surface area contributed by atoms with Crippen LogP contribution in [0, 0.1) is 10.1 Å². The van der Waals surface area contributed by atoms with Gasteiger partial charge in [0, 0.05) is 0 Å². The average Bonchev–Trinajstić information content (AvgIpc) is 3.07. The van der Waals surface area contributed by atoms with Crippen molar-refractivity contribution in [2.75, 3.05) is 13.7 Å². The van der Waals surface area contributed by atoms with E-state index in [0.717, 1.165) is 17.4 Å². The van der Waals surface area contributed by atoms with E-state index in [0.29, 0.717) is 0 Å². The quantitative estimate of drug-likeness (QED) is 0.368. The monoisotopic (exact) mass is 351 g/mol. The average molecular weight is 351 g/mol. The number of methoxy groups -OCH3 is 1. The number of phenols is 1. The van der Waals surface area contributed by atoms with Gasteiger partial charge in [-0.15, -0.1) is 11.3 Å². The van der Waals surface area contributed by atoms with Crippen LogP contribution in [0.25, 0.3) is 0 Å². The number of nitro benzene ring substituents is 1. The van der Waals surface area contributed by atoms with Crippen LogP contribution >= 0.6 is 11.3 Å². The molecule has 0 saturated carbocycles. The van der Waals surface area contributed by atoms with E-state index >= 15 is 0 Å². The summed E-state index contributed by atoms with van der Waals surface area (Å²) in [6, 6.07) is 4.12. The van der Waals surface area contributed by atoms with Crippen molar-refractivity contribution in [3.05, 3.63) is 49.7 Å². The smallest absolute Gasteiger partial charge is 0.339 e. The number of carbonyl (C=O) groups excluding carboxylic acids is 2. The fourth-order valence-electron chi connectivity index (χ4n) is 2.10. The molecule has 0 saturated heterocycles. The van der Waals surface area contributed by atoms with E-state index in [1.54, 1.807) is 18.4 Å². The van der Waals surface area contributed by atoms with Crippen LogP contribution < -0.4 is 4.74 Å². The highest BCUT2D eigenvalue weighted by Crippen LogP contribution is 2.42. The van der Waals surface area contributed by atoms with Crippen LogP contribution in [-0.2, 0) is 4.74 Å². The molecular weight excluding hydrogens is 338 g/mol. The number of ether oxygens (including phenoxy) is 2. The van der Waals surface area contributed by atoms with Crippen LogP contribution in [0.4, 0.5) is 5.69 Å². The molecule has 0 radical (unpaired) electrons. The van der Waals surface area contributed by atoms with Gasteiger partial charge in [-0.3, -0.25) is 14.9 Å². The molecule has 1 heterocycles. The Morgan fingerprint density at radius 3 is 2.62 bits per heavy atom. The van der Waals surface area contributed by atoms with Gasteiger partial charge in [0.2, 0.25) is 11.5 Å². The Morgan fingerprint density at radius 2 is 2.12 bits per heavy atom. The molecule has 0 aliphatic carbocycles. The first-order valence-corrected chi connectivity index (χ1v) is 7.64. The summed E-state index contributed by atoms with van der Waals surface area (Å²) in [5.74, 6) is -2.79. The molecule has 9 heteroatoms. The number of phenolic OH excluding ortho intramolecular Hbond substituents is 1. The maximum Gasteiger partial charge on any atom is 0.339 e. The summed E-state index contributed by atoms with van der Waals surface area (Å²) in [6.45, 7) is 1.58. The molecule has 1 aromatic heterocycles. The van der Waals surface area contributed by atoms with Crippen molar-refractivity contribution in [3.8, 4) is 11.5 Å². The van der Waals surface area contributed by atoms with Crippen LogP contribution in [0.1, 0.15) is 32.5 Å². The topological polar surface area (TPSA) is 116 Å². The van der Waals surface area contributed by atoms with Crippen LogP contribution in [0.15, 0.2) is 23.6 Å². The molecule has 0 aliphatic heterocycles. The van der Waals surface area contributed by atoms with Gasteiger partial charge in [0.05, 0.1) is 29.1 Å². The van der Waals surface area contributed by atoms with Gasteiger partial charge in [-0.05, 0) is 24.4 Å². The largest absolute Gasteiger partial charge is 0.499 e. The maximum absolute atomic E-state index is 12.7. The number of nitrogens with zero attached hydrogens (tertiary/aromatic N) is 1. The van der Waals surface area contributed by atoms with E-state index in [1.807, 2.05) is 0 Å². The summed E-state index contributed by atoms with van der Waals surface area (Å²) >= 11 is 1.06. The molecule has 0 bridgehead atoms.